The molecule has 1 aliphatic heterocycles. The maximum absolute atomic E-state index is 12.8. The molecular weight excluding hydrogens is 446 g/mol. The van der Waals surface area contributed by atoms with E-state index in [-0.39, 0.29) is 11.6 Å². The summed E-state index contributed by atoms with van der Waals surface area (Å²) in [7, 11) is 1.64. The zero-order valence-corrected chi connectivity index (χ0v) is 20.0. The Morgan fingerprint density at radius 2 is 1.71 bits per heavy atom. The molecule has 3 aromatic rings. The van der Waals surface area contributed by atoms with Crippen LogP contribution < -0.4 is 9.64 Å². The Labute approximate surface area is 204 Å². The molecule has 9 heteroatoms. The number of non-ortho nitro benzene ring substituents is 1. The van der Waals surface area contributed by atoms with Gasteiger partial charge in [-0.1, -0.05) is 19.1 Å². The SMILES string of the molecule is CCc1cc(N2CCN(C(=O)CCc3ccc(OC)cc3)CC2)nc(-c2ccc([N+](=O)[O-])cc2)n1. The lowest BCUT2D eigenvalue weighted by atomic mass is 10.1. The number of rotatable bonds is 8. The van der Waals surface area contributed by atoms with E-state index in [9.17, 15) is 14.9 Å². The molecule has 2 aromatic carbocycles. The Bertz CT molecular complexity index is 1170. The molecule has 4 rings (SSSR count). The average Bonchev–Trinajstić information content (AvgIpc) is 2.91. The number of aromatic nitrogens is 2. The summed E-state index contributed by atoms with van der Waals surface area (Å²) in [6.45, 7) is 4.69. The highest BCUT2D eigenvalue weighted by molar-refractivity contribution is 5.76. The molecule has 9 nitrogen and oxygen atoms in total. The number of carbonyl (C=O) groups is 1. The van der Waals surface area contributed by atoms with E-state index in [0.29, 0.717) is 44.8 Å². The van der Waals surface area contributed by atoms with Gasteiger partial charge in [-0.3, -0.25) is 14.9 Å². The summed E-state index contributed by atoms with van der Waals surface area (Å²) in [4.78, 5) is 36.7. The molecule has 1 aromatic heterocycles. The van der Waals surface area contributed by atoms with E-state index in [4.69, 9.17) is 9.72 Å². The van der Waals surface area contributed by atoms with E-state index >= 15 is 0 Å². The number of anilines is 1. The van der Waals surface area contributed by atoms with Crippen LogP contribution in [-0.4, -0.2) is 59.0 Å². The van der Waals surface area contributed by atoms with Crippen molar-refractivity contribution >= 4 is 17.4 Å². The van der Waals surface area contributed by atoms with Crippen LogP contribution in [0.4, 0.5) is 11.5 Å². The van der Waals surface area contributed by atoms with Crippen molar-refractivity contribution in [3.05, 3.63) is 76.0 Å². The highest BCUT2D eigenvalue weighted by Gasteiger charge is 2.23. The highest BCUT2D eigenvalue weighted by atomic mass is 16.6. The number of benzene rings is 2. The molecule has 0 radical (unpaired) electrons. The summed E-state index contributed by atoms with van der Waals surface area (Å²) in [6.07, 6.45) is 1.93. The number of methoxy groups -OCH3 is 1. The first-order valence-electron chi connectivity index (χ1n) is 11.7. The molecule has 1 amide bonds. The summed E-state index contributed by atoms with van der Waals surface area (Å²) in [5.41, 5.74) is 2.79. The minimum absolute atomic E-state index is 0.0356. The number of nitrogens with zero attached hydrogens (tertiary/aromatic N) is 5. The molecule has 0 saturated carbocycles. The van der Waals surface area contributed by atoms with Crippen molar-refractivity contribution in [3.8, 4) is 17.1 Å². The lowest BCUT2D eigenvalue weighted by Crippen LogP contribution is -2.49. The third-order valence-corrected chi connectivity index (χ3v) is 6.21. The number of ether oxygens (including phenoxy) is 1. The summed E-state index contributed by atoms with van der Waals surface area (Å²) in [5, 5.41) is 11.0. The summed E-state index contributed by atoms with van der Waals surface area (Å²) < 4.78 is 5.18. The van der Waals surface area contributed by atoms with Crippen LogP contribution in [0.3, 0.4) is 0 Å². The minimum Gasteiger partial charge on any atom is -0.497 e. The van der Waals surface area contributed by atoms with E-state index in [1.807, 2.05) is 42.2 Å². The fourth-order valence-corrected chi connectivity index (χ4v) is 4.07. The van der Waals surface area contributed by atoms with E-state index in [2.05, 4.69) is 9.88 Å². The van der Waals surface area contributed by atoms with E-state index in [1.54, 1.807) is 19.2 Å². The third-order valence-electron chi connectivity index (χ3n) is 6.21. The first kappa shape index (κ1) is 24.1. The summed E-state index contributed by atoms with van der Waals surface area (Å²) >= 11 is 0. The molecule has 0 atom stereocenters. The number of carbonyl (C=O) groups excluding carboxylic acids is 1. The smallest absolute Gasteiger partial charge is 0.269 e. The van der Waals surface area contributed by atoms with Gasteiger partial charge in [0.1, 0.15) is 11.6 Å². The van der Waals surface area contributed by atoms with Gasteiger partial charge < -0.3 is 14.5 Å². The Kier molecular flexibility index (Phi) is 7.54. The van der Waals surface area contributed by atoms with Crippen molar-refractivity contribution in [3.63, 3.8) is 0 Å². The van der Waals surface area contributed by atoms with Crippen LogP contribution in [0.2, 0.25) is 0 Å². The van der Waals surface area contributed by atoms with E-state index in [1.165, 1.54) is 12.1 Å². The zero-order valence-electron chi connectivity index (χ0n) is 20.0. The largest absolute Gasteiger partial charge is 0.497 e. The number of amides is 1. The van der Waals surface area contributed by atoms with Crippen molar-refractivity contribution in [2.24, 2.45) is 0 Å². The van der Waals surface area contributed by atoms with Crippen molar-refractivity contribution in [2.45, 2.75) is 26.2 Å². The Morgan fingerprint density at radius 1 is 1.03 bits per heavy atom. The number of hydrogen-bond acceptors (Lipinski definition) is 7. The predicted molar refractivity (Wildman–Crippen MR) is 134 cm³/mol. The number of nitro benzene ring substituents is 1. The number of aryl methyl sites for hydroxylation is 2. The van der Waals surface area contributed by atoms with Crippen molar-refractivity contribution in [2.75, 3.05) is 38.2 Å². The molecule has 0 bridgehead atoms. The zero-order chi connectivity index (χ0) is 24.8. The molecule has 0 spiro atoms. The van der Waals surface area contributed by atoms with Crippen LogP contribution in [0.5, 0.6) is 5.75 Å². The fraction of sp³-hybridized carbons (Fsp3) is 0.346. The quantitative estimate of drug-likeness (QED) is 0.360. The van der Waals surface area contributed by atoms with Gasteiger partial charge in [-0.25, -0.2) is 9.97 Å². The molecule has 182 valence electrons. The molecule has 0 unspecified atom stereocenters. The van der Waals surface area contributed by atoms with Gasteiger partial charge in [0.2, 0.25) is 5.91 Å². The molecule has 2 heterocycles. The summed E-state index contributed by atoms with van der Waals surface area (Å²) in [5.74, 6) is 2.33. The molecule has 1 fully saturated rings. The lowest BCUT2D eigenvalue weighted by molar-refractivity contribution is -0.384. The molecule has 0 N–H and O–H groups in total. The third kappa shape index (κ3) is 5.92. The van der Waals surface area contributed by atoms with Crippen LogP contribution in [0.1, 0.15) is 24.6 Å². The van der Waals surface area contributed by atoms with Crippen molar-refractivity contribution < 1.29 is 14.5 Å². The molecule has 1 aliphatic rings. The standard InChI is InChI=1S/C26H29N5O4/c1-3-21-18-24(28-26(27-21)20-7-9-22(10-8-20)31(33)34)29-14-16-30(17-15-29)25(32)13-6-19-4-11-23(35-2)12-5-19/h4-5,7-12,18H,3,6,13-17H2,1-2H3. The first-order valence-corrected chi connectivity index (χ1v) is 11.7. The van der Waals surface area contributed by atoms with Crippen molar-refractivity contribution in [1.29, 1.82) is 0 Å². The lowest BCUT2D eigenvalue weighted by Gasteiger charge is -2.35. The van der Waals surface area contributed by atoms with Gasteiger partial charge in [0.15, 0.2) is 5.82 Å². The van der Waals surface area contributed by atoms with Gasteiger partial charge in [-0.2, -0.15) is 0 Å². The second-order valence-electron chi connectivity index (χ2n) is 8.41. The van der Waals surface area contributed by atoms with Gasteiger partial charge in [-0.15, -0.1) is 0 Å². The van der Waals surface area contributed by atoms with Gasteiger partial charge in [-0.05, 0) is 42.7 Å². The van der Waals surface area contributed by atoms with Crippen LogP contribution in [-0.2, 0) is 17.6 Å². The van der Waals surface area contributed by atoms with Crippen LogP contribution in [0, 0.1) is 10.1 Å². The van der Waals surface area contributed by atoms with Gasteiger partial charge >= 0.3 is 0 Å². The number of piperazine rings is 1. The second-order valence-corrected chi connectivity index (χ2v) is 8.41. The van der Waals surface area contributed by atoms with Gasteiger partial charge in [0.05, 0.1) is 12.0 Å². The maximum Gasteiger partial charge on any atom is 0.269 e. The number of hydrogen-bond donors (Lipinski definition) is 0. The first-order chi connectivity index (χ1) is 17.0. The monoisotopic (exact) mass is 475 g/mol. The fourth-order valence-electron chi connectivity index (χ4n) is 4.07. The molecular formula is C26H29N5O4. The van der Waals surface area contributed by atoms with Gasteiger partial charge in [0, 0.05) is 62.1 Å². The maximum atomic E-state index is 12.8. The van der Waals surface area contributed by atoms with Crippen LogP contribution in [0.25, 0.3) is 11.4 Å². The Hall–Kier alpha value is -4.01. The van der Waals surface area contributed by atoms with Crippen LogP contribution in [0.15, 0.2) is 54.6 Å². The predicted octanol–water partition coefficient (Wildman–Crippen LogP) is 3.90. The Morgan fingerprint density at radius 3 is 2.31 bits per heavy atom. The van der Waals surface area contributed by atoms with E-state index < -0.39 is 4.92 Å². The van der Waals surface area contributed by atoms with E-state index in [0.717, 1.165) is 34.8 Å². The summed E-state index contributed by atoms with van der Waals surface area (Å²) in [6, 6.07) is 16.1. The topological polar surface area (TPSA) is 102 Å². The van der Waals surface area contributed by atoms with Crippen LogP contribution >= 0.6 is 0 Å². The second kappa shape index (κ2) is 10.9. The normalized spacial score (nSPS) is 13.5. The van der Waals surface area contributed by atoms with Gasteiger partial charge in [0.25, 0.3) is 5.69 Å². The Balaban J connectivity index is 1.38. The molecule has 0 aliphatic carbocycles. The van der Waals surface area contributed by atoms with Crippen molar-refractivity contribution in [1.82, 2.24) is 14.9 Å². The molecule has 35 heavy (non-hydrogen) atoms. The number of nitro groups is 1. The average molecular weight is 476 g/mol. The molecule has 1 saturated heterocycles. The minimum atomic E-state index is -0.420. The highest BCUT2D eigenvalue weighted by Crippen LogP contribution is 2.24.